The number of urea groups is 1. The van der Waals surface area contributed by atoms with Gasteiger partial charge in [-0.2, -0.15) is 5.10 Å². The Labute approximate surface area is 163 Å². The summed E-state index contributed by atoms with van der Waals surface area (Å²) in [5.74, 6) is 0.713. The van der Waals surface area contributed by atoms with Crippen LogP contribution in [0.25, 0.3) is 0 Å². The van der Waals surface area contributed by atoms with Crippen LogP contribution in [0.1, 0.15) is 47.9 Å². The molecule has 0 bridgehead atoms. The zero-order chi connectivity index (χ0) is 19.5. The van der Waals surface area contributed by atoms with Gasteiger partial charge in [0.15, 0.2) is 9.92 Å². The molecular formula is C19H23N5O3S. The number of nitrogens with one attached hydrogen (secondary N) is 1. The number of carbonyl (C=O) groups excluding carboxylic acids is 1. The van der Waals surface area contributed by atoms with Crippen molar-refractivity contribution in [3.05, 3.63) is 34.5 Å². The average molecular weight is 401 g/mol. The number of nitrogens with zero attached hydrogens (tertiary/aromatic N) is 3. The molecule has 0 saturated heterocycles. The second-order valence-corrected chi connectivity index (χ2v) is 9.49. The number of aryl methyl sites for hydroxylation is 2. The molecule has 0 unspecified atom stereocenters. The van der Waals surface area contributed by atoms with Crippen LogP contribution in [-0.2, 0) is 35.7 Å². The van der Waals surface area contributed by atoms with Crippen molar-refractivity contribution in [2.24, 2.45) is 9.50 Å². The number of rotatable bonds is 2. The van der Waals surface area contributed by atoms with Crippen molar-refractivity contribution in [1.82, 2.24) is 9.78 Å². The van der Waals surface area contributed by atoms with E-state index in [1.54, 1.807) is 4.68 Å². The molecule has 9 heteroatoms. The molecule has 2 aromatic rings. The Kier molecular flexibility index (Phi) is 3.99. The van der Waals surface area contributed by atoms with Gasteiger partial charge in [0, 0.05) is 5.69 Å². The molecule has 0 saturated carbocycles. The first-order valence-electron chi connectivity index (χ1n) is 9.66. The zero-order valence-electron chi connectivity index (χ0n) is 15.7. The quantitative estimate of drug-likeness (QED) is 0.806. The van der Waals surface area contributed by atoms with Crippen LogP contribution in [0.3, 0.4) is 0 Å². The number of fused-ring (bicyclic) bond motifs is 3. The fraction of sp³-hybridized carbons (Fsp3) is 0.474. The van der Waals surface area contributed by atoms with Crippen LogP contribution >= 0.6 is 0 Å². The van der Waals surface area contributed by atoms with Crippen molar-refractivity contribution in [1.29, 1.82) is 0 Å². The Hall–Kier alpha value is -2.39. The maximum absolute atomic E-state index is 13.0. The molecule has 3 N–H and O–H groups in total. The van der Waals surface area contributed by atoms with Gasteiger partial charge < -0.3 is 10.1 Å². The number of nitrogens with two attached hydrogens (primary N) is 1. The van der Waals surface area contributed by atoms with E-state index in [0.717, 1.165) is 37.8 Å². The van der Waals surface area contributed by atoms with Crippen molar-refractivity contribution in [3.63, 3.8) is 0 Å². The minimum atomic E-state index is -3.45. The first-order chi connectivity index (χ1) is 13.4. The second-order valence-electron chi connectivity index (χ2n) is 7.73. The largest absolute Gasteiger partial charge is 0.475 e. The molecule has 5 rings (SSSR count). The third-order valence-corrected chi connectivity index (χ3v) is 7.28. The molecule has 2 amide bonds. The van der Waals surface area contributed by atoms with Crippen LogP contribution in [0.15, 0.2) is 21.5 Å². The Morgan fingerprint density at radius 3 is 3.11 bits per heavy atom. The number of carbonyl (C=O) groups is 1. The highest BCUT2D eigenvalue weighted by atomic mass is 32.2. The van der Waals surface area contributed by atoms with Crippen LogP contribution < -0.4 is 15.2 Å². The van der Waals surface area contributed by atoms with Gasteiger partial charge >= 0.3 is 6.03 Å². The van der Waals surface area contributed by atoms with E-state index in [-0.39, 0.29) is 4.90 Å². The van der Waals surface area contributed by atoms with Crippen LogP contribution in [0.5, 0.6) is 5.88 Å². The molecule has 2 aliphatic carbocycles. The first kappa shape index (κ1) is 17.7. The third-order valence-electron chi connectivity index (χ3n) is 5.93. The summed E-state index contributed by atoms with van der Waals surface area (Å²) in [4.78, 5) is 12.9. The van der Waals surface area contributed by atoms with Crippen LogP contribution in [-0.4, -0.2) is 26.6 Å². The fourth-order valence-electron chi connectivity index (χ4n) is 4.65. The van der Waals surface area contributed by atoms with E-state index >= 15 is 0 Å². The Morgan fingerprint density at radius 1 is 1.39 bits per heavy atom. The minimum absolute atomic E-state index is 0.164. The number of aromatic nitrogens is 2. The van der Waals surface area contributed by atoms with Gasteiger partial charge in [-0.1, -0.05) is 13.0 Å². The number of ether oxygens (including phenoxy) is 1. The SMILES string of the molecule is C[C@H]1CCc2cc3c(c(NC(=O)N=[S@](N)(=O)c4cnn5c4OCC5)c21)CCC3. The van der Waals surface area contributed by atoms with Gasteiger partial charge in [0.05, 0.1) is 12.7 Å². The molecule has 1 aromatic carbocycles. The maximum atomic E-state index is 13.0. The van der Waals surface area contributed by atoms with Crippen molar-refractivity contribution in [3.8, 4) is 5.88 Å². The van der Waals surface area contributed by atoms with Gasteiger partial charge in [-0.15, -0.1) is 4.36 Å². The number of benzene rings is 1. The zero-order valence-corrected chi connectivity index (χ0v) is 16.6. The summed E-state index contributed by atoms with van der Waals surface area (Å²) in [6.07, 6.45) is 6.52. The molecule has 0 spiro atoms. The van der Waals surface area contributed by atoms with Crippen molar-refractivity contribution in [2.75, 3.05) is 11.9 Å². The highest BCUT2D eigenvalue weighted by molar-refractivity contribution is 7.91. The lowest BCUT2D eigenvalue weighted by Gasteiger charge is -2.17. The normalized spacial score (nSPS) is 21.4. The summed E-state index contributed by atoms with van der Waals surface area (Å²) in [5.41, 5.74) is 5.85. The number of anilines is 1. The van der Waals surface area contributed by atoms with Gasteiger partial charge in [-0.25, -0.2) is 18.8 Å². The van der Waals surface area contributed by atoms with E-state index < -0.39 is 15.9 Å². The molecule has 0 radical (unpaired) electrons. The molecule has 148 valence electrons. The third kappa shape index (κ3) is 2.72. The summed E-state index contributed by atoms with van der Waals surface area (Å²) >= 11 is 0. The van der Waals surface area contributed by atoms with E-state index in [0.29, 0.717) is 24.9 Å². The summed E-state index contributed by atoms with van der Waals surface area (Å²) in [6, 6.07) is 1.61. The topological polar surface area (TPSA) is 112 Å². The maximum Gasteiger partial charge on any atom is 0.354 e. The van der Waals surface area contributed by atoms with Gasteiger partial charge in [-0.3, -0.25) is 0 Å². The van der Waals surface area contributed by atoms with Crippen LogP contribution in [0.4, 0.5) is 10.5 Å². The van der Waals surface area contributed by atoms with Gasteiger partial charge in [0.2, 0.25) is 5.88 Å². The first-order valence-corrected chi connectivity index (χ1v) is 11.2. The molecule has 2 heterocycles. The monoisotopic (exact) mass is 401 g/mol. The average Bonchev–Trinajstić information content (AvgIpc) is 3.37. The predicted octanol–water partition coefficient (Wildman–Crippen LogP) is 2.75. The van der Waals surface area contributed by atoms with Crippen molar-refractivity contribution in [2.45, 2.75) is 56.4 Å². The van der Waals surface area contributed by atoms with Gasteiger partial charge in [0.1, 0.15) is 11.5 Å². The number of hydrogen-bond donors (Lipinski definition) is 2. The lowest BCUT2D eigenvalue weighted by molar-refractivity contribution is 0.260. The highest BCUT2D eigenvalue weighted by Crippen LogP contribution is 2.44. The minimum Gasteiger partial charge on any atom is -0.475 e. The highest BCUT2D eigenvalue weighted by Gasteiger charge is 2.30. The number of hydrogen-bond acceptors (Lipinski definition) is 4. The Balaban J connectivity index is 1.51. The molecule has 3 aliphatic rings. The summed E-state index contributed by atoms with van der Waals surface area (Å²) in [5, 5.41) is 13.0. The second kappa shape index (κ2) is 6.31. The van der Waals surface area contributed by atoms with E-state index in [1.807, 2.05) is 0 Å². The van der Waals surface area contributed by atoms with Crippen LogP contribution in [0, 0.1) is 0 Å². The van der Waals surface area contributed by atoms with Crippen molar-refractivity contribution >= 4 is 21.6 Å². The Morgan fingerprint density at radius 2 is 2.25 bits per heavy atom. The lowest BCUT2D eigenvalue weighted by atomic mass is 9.95. The standard InChI is InChI=1S/C19H23N5O3S/c1-11-5-6-13-9-12-3-2-4-14(12)17(16(11)13)22-19(25)23-28(20,26)15-10-21-24-7-8-27-18(15)24/h9-11H,2-8H2,1H3,(H3,20,22,23,25,26)/t11-,28-/m0/s1. The summed E-state index contributed by atoms with van der Waals surface area (Å²) in [7, 11) is -3.45. The molecule has 0 fully saturated rings. The number of amides is 2. The molecular weight excluding hydrogens is 378 g/mol. The Bertz CT molecular complexity index is 1110. The fourth-order valence-corrected chi connectivity index (χ4v) is 5.65. The molecule has 28 heavy (non-hydrogen) atoms. The molecule has 2 atom stereocenters. The van der Waals surface area contributed by atoms with E-state index in [4.69, 9.17) is 9.88 Å². The summed E-state index contributed by atoms with van der Waals surface area (Å²) < 4.78 is 23.8. The van der Waals surface area contributed by atoms with Crippen molar-refractivity contribution < 1.29 is 13.7 Å². The van der Waals surface area contributed by atoms with Gasteiger partial charge in [0.25, 0.3) is 0 Å². The molecule has 8 nitrogen and oxygen atoms in total. The van der Waals surface area contributed by atoms with E-state index in [9.17, 15) is 9.00 Å². The predicted molar refractivity (Wildman–Crippen MR) is 105 cm³/mol. The van der Waals surface area contributed by atoms with Crippen LogP contribution in [0.2, 0.25) is 0 Å². The van der Waals surface area contributed by atoms with Gasteiger partial charge in [-0.05, 0) is 60.3 Å². The smallest absolute Gasteiger partial charge is 0.354 e. The lowest BCUT2D eigenvalue weighted by Crippen LogP contribution is -2.19. The van der Waals surface area contributed by atoms with E-state index in [2.05, 4.69) is 27.8 Å². The molecule has 1 aliphatic heterocycles. The van der Waals surface area contributed by atoms with E-state index in [1.165, 1.54) is 28.5 Å². The molecule has 1 aromatic heterocycles. The summed E-state index contributed by atoms with van der Waals surface area (Å²) in [6.45, 7) is 3.19.